The molecule has 0 aliphatic rings. The maximum absolute atomic E-state index is 5.63. The lowest BCUT2D eigenvalue weighted by Gasteiger charge is -2.20. The highest BCUT2D eigenvalue weighted by molar-refractivity contribution is 6.84. The second-order valence-corrected chi connectivity index (χ2v) is 8.52. The minimum Gasteiger partial charge on any atom is -0.416 e. The number of pyridine rings is 1. The fourth-order valence-electron chi connectivity index (χ4n) is 1.69. The molecular weight excluding hydrogens is 226 g/mol. The fraction of sp³-hybridized carbons (Fsp3) is 0.214. The first-order valence-electron chi connectivity index (χ1n) is 5.70. The number of benzene rings is 1. The Hall–Kier alpha value is -1.45. The molecule has 2 rings (SSSR count). The average molecular weight is 243 g/mol. The Morgan fingerprint density at radius 1 is 1.06 bits per heavy atom. The molecule has 0 aliphatic carbocycles. The van der Waals surface area contributed by atoms with Crippen LogP contribution in [0.4, 0.5) is 0 Å². The lowest BCUT2D eigenvalue weighted by molar-refractivity contribution is 0.416. The molecule has 3 heteroatoms. The van der Waals surface area contributed by atoms with E-state index in [1.165, 1.54) is 5.19 Å². The van der Waals surface area contributed by atoms with Gasteiger partial charge in [-0.3, -0.25) is 4.98 Å². The Kier molecular flexibility index (Phi) is 3.40. The van der Waals surface area contributed by atoms with Crippen LogP contribution in [0.25, 0.3) is 11.3 Å². The van der Waals surface area contributed by atoms with Gasteiger partial charge in [0.1, 0.15) is 0 Å². The van der Waals surface area contributed by atoms with E-state index in [1.54, 1.807) is 7.11 Å². The molecular formula is C14H17NOSi. The molecule has 2 nitrogen and oxygen atoms in total. The molecule has 88 valence electrons. The summed E-state index contributed by atoms with van der Waals surface area (Å²) < 4.78 is 5.63. The average Bonchev–Trinajstić information content (AvgIpc) is 2.40. The van der Waals surface area contributed by atoms with Gasteiger partial charge in [0, 0.05) is 18.9 Å². The van der Waals surface area contributed by atoms with Gasteiger partial charge in [0.2, 0.25) is 8.32 Å². The van der Waals surface area contributed by atoms with Gasteiger partial charge < -0.3 is 4.43 Å². The van der Waals surface area contributed by atoms with Gasteiger partial charge in [-0.2, -0.15) is 0 Å². The molecule has 2 aromatic rings. The minimum atomic E-state index is -1.76. The first-order valence-corrected chi connectivity index (χ1v) is 8.61. The van der Waals surface area contributed by atoms with Crippen LogP contribution in [0, 0.1) is 0 Å². The topological polar surface area (TPSA) is 22.1 Å². The third kappa shape index (κ3) is 2.62. The number of aromatic nitrogens is 1. The van der Waals surface area contributed by atoms with E-state index >= 15 is 0 Å². The molecule has 0 spiro atoms. The van der Waals surface area contributed by atoms with Crippen LogP contribution in [0.15, 0.2) is 48.7 Å². The summed E-state index contributed by atoms with van der Waals surface area (Å²) in [6, 6.07) is 14.4. The zero-order chi connectivity index (χ0) is 12.3. The Morgan fingerprint density at radius 2 is 1.76 bits per heavy atom. The van der Waals surface area contributed by atoms with Crippen molar-refractivity contribution in [2.45, 2.75) is 13.1 Å². The Morgan fingerprint density at radius 3 is 2.41 bits per heavy atom. The highest BCUT2D eigenvalue weighted by atomic mass is 28.4. The normalized spacial score (nSPS) is 11.5. The molecule has 0 bridgehead atoms. The zero-order valence-electron chi connectivity index (χ0n) is 10.5. The van der Waals surface area contributed by atoms with Gasteiger partial charge in [0.25, 0.3) is 0 Å². The molecule has 0 amide bonds. The van der Waals surface area contributed by atoms with Crippen molar-refractivity contribution in [2.75, 3.05) is 7.11 Å². The van der Waals surface area contributed by atoms with Gasteiger partial charge in [0.15, 0.2) is 0 Å². The molecule has 17 heavy (non-hydrogen) atoms. The minimum absolute atomic E-state index is 1.01. The molecule has 1 heterocycles. The summed E-state index contributed by atoms with van der Waals surface area (Å²) in [6.07, 6.45) is 1.87. The van der Waals surface area contributed by atoms with Crippen LogP contribution >= 0.6 is 0 Å². The van der Waals surface area contributed by atoms with E-state index in [-0.39, 0.29) is 0 Å². The Balaban J connectivity index is 2.42. The number of nitrogens with zero attached hydrogens (tertiary/aromatic N) is 1. The molecule has 0 atom stereocenters. The lowest BCUT2D eigenvalue weighted by atomic mass is 10.1. The summed E-state index contributed by atoms with van der Waals surface area (Å²) in [5, 5.41) is 1.27. The monoisotopic (exact) mass is 243 g/mol. The van der Waals surface area contributed by atoms with Crippen LogP contribution in [0.5, 0.6) is 0 Å². The predicted molar refractivity (Wildman–Crippen MR) is 73.8 cm³/mol. The number of rotatable bonds is 3. The predicted octanol–water partition coefficient (Wildman–Crippen LogP) is 2.81. The van der Waals surface area contributed by atoms with Crippen molar-refractivity contribution in [3.8, 4) is 11.3 Å². The largest absolute Gasteiger partial charge is 0.416 e. The standard InChI is InChI=1S/C14H17NOSi/c1-16-17(2,3)13-9-10-15-14(11-13)12-7-5-4-6-8-12/h4-11H,1-3H3. The van der Waals surface area contributed by atoms with Crippen molar-refractivity contribution in [2.24, 2.45) is 0 Å². The summed E-state index contributed by atoms with van der Waals surface area (Å²) in [6.45, 7) is 4.38. The van der Waals surface area contributed by atoms with E-state index in [9.17, 15) is 0 Å². The molecule has 0 aliphatic heterocycles. The zero-order valence-corrected chi connectivity index (χ0v) is 11.5. The molecule has 0 saturated heterocycles. The van der Waals surface area contributed by atoms with Gasteiger partial charge in [-0.15, -0.1) is 0 Å². The van der Waals surface area contributed by atoms with Crippen LogP contribution in [0.2, 0.25) is 13.1 Å². The van der Waals surface area contributed by atoms with Crippen molar-refractivity contribution in [3.05, 3.63) is 48.7 Å². The first-order chi connectivity index (χ1) is 8.13. The molecule has 0 saturated carbocycles. The van der Waals surface area contributed by atoms with Crippen LogP contribution < -0.4 is 5.19 Å². The van der Waals surface area contributed by atoms with Crippen molar-refractivity contribution in [3.63, 3.8) is 0 Å². The SMILES string of the molecule is CO[Si](C)(C)c1ccnc(-c2ccccc2)c1. The smallest absolute Gasteiger partial charge is 0.217 e. The molecule has 0 radical (unpaired) electrons. The summed E-state index contributed by atoms with van der Waals surface area (Å²) in [5.74, 6) is 0. The second-order valence-electron chi connectivity index (χ2n) is 4.51. The lowest BCUT2D eigenvalue weighted by Crippen LogP contribution is -2.43. The summed E-state index contributed by atoms with van der Waals surface area (Å²) in [4.78, 5) is 4.42. The van der Waals surface area contributed by atoms with Gasteiger partial charge in [-0.05, 0) is 30.4 Å². The maximum Gasteiger partial charge on any atom is 0.217 e. The summed E-state index contributed by atoms with van der Waals surface area (Å²) in [5.41, 5.74) is 2.16. The van der Waals surface area contributed by atoms with E-state index in [0.717, 1.165) is 11.3 Å². The van der Waals surface area contributed by atoms with Crippen molar-refractivity contribution in [1.82, 2.24) is 4.98 Å². The van der Waals surface area contributed by atoms with Gasteiger partial charge >= 0.3 is 0 Å². The highest BCUT2D eigenvalue weighted by Gasteiger charge is 2.23. The third-order valence-corrected chi connectivity index (χ3v) is 5.76. The number of hydrogen-bond donors (Lipinski definition) is 0. The second kappa shape index (κ2) is 4.81. The first kappa shape index (κ1) is 12.0. The third-order valence-electron chi connectivity index (χ3n) is 3.04. The van der Waals surface area contributed by atoms with Gasteiger partial charge in [0.05, 0.1) is 5.69 Å². The van der Waals surface area contributed by atoms with E-state index in [1.807, 2.05) is 24.4 Å². The van der Waals surface area contributed by atoms with Crippen molar-refractivity contribution in [1.29, 1.82) is 0 Å². The van der Waals surface area contributed by atoms with E-state index in [0.29, 0.717) is 0 Å². The van der Waals surface area contributed by atoms with Crippen LogP contribution in [-0.4, -0.2) is 20.4 Å². The summed E-state index contributed by atoms with van der Waals surface area (Å²) >= 11 is 0. The van der Waals surface area contributed by atoms with E-state index < -0.39 is 8.32 Å². The highest BCUT2D eigenvalue weighted by Crippen LogP contribution is 2.15. The fourth-order valence-corrected chi connectivity index (χ4v) is 2.89. The van der Waals surface area contributed by atoms with Crippen molar-refractivity contribution < 1.29 is 4.43 Å². The Labute approximate surface area is 103 Å². The molecule has 0 unspecified atom stereocenters. The van der Waals surface area contributed by atoms with E-state index in [2.05, 4.69) is 42.3 Å². The maximum atomic E-state index is 5.63. The van der Waals surface area contributed by atoms with E-state index in [4.69, 9.17) is 4.43 Å². The summed E-state index contributed by atoms with van der Waals surface area (Å²) in [7, 11) is 0.0289. The van der Waals surface area contributed by atoms with Crippen LogP contribution in [-0.2, 0) is 4.43 Å². The van der Waals surface area contributed by atoms with Crippen LogP contribution in [0.3, 0.4) is 0 Å². The van der Waals surface area contributed by atoms with Crippen LogP contribution in [0.1, 0.15) is 0 Å². The van der Waals surface area contributed by atoms with Gasteiger partial charge in [-0.1, -0.05) is 30.3 Å². The quantitative estimate of drug-likeness (QED) is 0.773. The van der Waals surface area contributed by atoms with Gasteiger partial charge in [-0.25, -0.2) is 0 Å². The van der Waals surface area contributed by atoms with Crippen molar-refractivity contribution >= 4 is 13.5 Å². The molecule has 0 fully saturated rings. The molecule has 1 aromatic heterocycles. The Bertz CT molecular complexity index is 497. The molecule has 1 aromatic carbocycles. The molecule has 0 N–H and O–H groups in total. The number of hydrogen-bond acceptors (Lipinski definition) is 2.